The van der Waals surface area contributed by atoms with E-state index in [2.05, 4.69) is 6.92 Å². The van der Waals surface area contributed by atoms with E-state index >= 15 is 0 Å². The van der Waals surface area contributed by atoms with E-state index in [0.29, 0.717) is 6.42 Å². The van der Waals surface area contributed by atoms with Crippen LogP contribution in [0.3, 0.4) is 0 Å². The van der Waals surface area contributed by atoms with Gasteiger partial charge in [0, 0.05) is 6.16 Å². The Morgan fingerprint density at radius 2 is 0.667 bits per heavy atom. The standard InChI is InChI=1S/C23H49O3P/c1-2-3-4-5-6-7-8-9-10-11-12-13-14-15-16-17-18-19-20-21-22-23-27(24,25)26/h2-23H2,1H3,(H2,24,25,26). The molecular formula is C23H49O3P. The molecule has 0 aliphatic rings. The lowest BCUT2D eigenvalue weighted by molar-refractivity contribution is 0.370. The second-order valence-corrected chi connectivity index (χ2v) is 10.2. The fraction of sp³-hybridized carbons (Fsp3) is 1.00. The van der Waals surface area contributed by atoms with Crippen LogP contribution in [0.25, 0.3) is 0 Å². The highest BCUT2D eigenvalue weighted by atomic mass is 31.2. The third-order valence-electron chi connectivity index (χ3n) is 5.55. The molecule has 0 rings (SSSR count). The monoisotopic (exact) mass is 404 g/mol. The Balaban J connectivity index is 3.02. The van der Waals surface area contributed by atoms with Gasteiger partial charge in [-0.25, -0.2) is 0 Å². The molecule has 0 aliphatic heterocycles. The quantitative estimate of drug-likeness (QED) is 0.141. The summed E-state index contributed by atoms with van der Waals surface area (Å²) in [6, 6.07) is 0. The fourth-order valence-corrected chi connectivity index (χ4v) is 4.39. The predicted molar refractivity (Wildman–Crippen MR) is 120 cm³/mol. The maximum Gasteiger partial charge on any atom is 0.325 e. The van der Waals surface area contributed by atoms with E-state index in [-0.39, 0.29) is 6.16 Å². The second kappa shape index (κ2) is 20.9. The average molecular weight is 405 g/mol. The van der Waals surface area contributed by atoms with Gasteiger partial charge in [0.15, 0.2) is 0 Å². The first-order valence-electron chi connectivity index (χ1n) is 12.1. The van der Waals surface area contributed by atoms with Gasteiger partial charge >= 0.3 is 7.60 Å². The molecule has 3 nitrogen and oxygen atoms in total. The summed E-state index contributed by atoms with van der Waals surface area (Å²) in [5, 5.41) is 0. The summed E-state index contributed by atoms with van der Waals surface area (Å²) in [5.41, 5.74) is 0. The third-order valence-corrected chi connectivity index (χ3v) is 6.45. The summed E-state index contributed by atoms with van der Waals surface area (Å²) in [5.74, 6) is 0. The van der Waals surface area contributed by atoms with Crippen LogP contribution in [0, 0.1) is 0 Å². The summed E-state index contributed by atoms with van der Waals surface area (Å²) in [6.45, 7) is 2.28. The summed E-state index contributed by atoms with van der Waals surface area (Å²) in [7, 11) is -3.76. The SMILES string of the molecule is CCCCCCCCCCCCCCCCCCCCCCCP(=O)(O)O. The molecule has 164 valence electrons. The van der Waals surface area contributed by atoms with Crippen molar-refractivity contribution in [3.05, 3.63) is 0 Å². The van der Waals surface area contributed by atoms with Gasteiger partial charge in [-0.2, -0.15) is 0 Å². The minimum absolute atomic E-state index is 0.0616. The molecule has 0 aliphatic carbocycles. The van der Waals surface area contributed by atoms with Gasteiger partial charge < -0.3 is 9.79 Å². The second-order valence-electron chi connectivity index (χ2n) is 8.46. The number of unbranched alkanes of at least 4 members (excludes halogenated alkanes) is 20. The van der Waals surface area contributed by atoms with Crippen molar-refractivity contribution >= 4 is 7.60 Å². The number of hydrogen-bond acceptors (Lipinski definition) is 1. The van der Waals surface area contributed by atoms with Crippen molar-refractivity contribution in [2.24, 2.45) is 0 Å². The lowest BCUT2D eigenvalue weighted by atomic mass is 10.0. The Morgan fingerprint density at radius 1 is 0.444 bits per heavy atom. The van der Waals surface area contributed by atoms with Crippen LogP contribution in [0.5, 0.6) is 0 Å². The van der Waals surface area contributed by atoms with Crippen molar-refractivity contribution < 1.29 is 14.4 Å². The molecular weight excluding hydrogens is 355 g/mol. The molecule has 2 N–H and O–H groups in total. The summed E-state index contributed by atoms with van der Waals surface area (Å²) in [4.78, 5) is 17.6. The summed E-state index contributed by atoms with van der Waals surface area (Å²) in [6.07, 6.45) is 28.0. The van der Waals surface area contributed by atoms with Gasteiger partial charge in [0.1, 0.15) is 0 Å². The van der Waals surface area contributed by atoms with E-state index in [0.717, 1.165) is 12.8 Å². The van der Waals surface area contributed by atoms with Crippen LogP contribution in [-0.2, 0) is 4.57 Å². The molecule has 0 aromatic carbocycles. The summed E-state index contributed by atoms with van der Waals surface area (Å²) >= 11 is 0. The van der Waals surface area contributed by atoms with Crippen LogP contribution in [0.4, 0.5) is 0 Å². The molecule has 4 heteroatoms. The molecule has 0 bridgehead atoms. The molecule has 0 fully saturated rings. The lowest BCUT2D eigenvalue weighted by Gasteiger charge is -2.04. The van der Waals surface area contributed by atoms with Crippen molar-refractivity contribution in [1.29, 1.82) is 0 Å². The molecule has 0 radical (unpaired) electrons. The molecule has 0 unspecified atom stereocenters. The van der Waals surface area contributed by atoms with E-state index in [1.807, 2.05) is 0 Å². The molecule has 0 aromatic rings. The molecule has 0 aromatic heterocycles. The topological polar surface area (TPSA) is 57.5 Å². The highest BCUT2D eigenvalue weighted by Crippen LogP contribution is 2.35. The van der Waals surface area contributed by atoms with Gasteiger partial charge in [-0.15, -0.1) is 0 Å². The first-order chi connectivity index (χ1) is 13.1. The zero-order chi connectivity index (χ0) is 20.1. The van der Waals surface area contributed by atoms with E-state index in [1.54, 1.807) is 0 Å². The normalized spacial score (nSPS) is 12.0. The average Bonchev–Trinajstić information content (AvgIpc) is 2.62. The molecule has 0 saturated heterocycles. The smallest absolute Gasteiger partial charge is 0.324 e. The van der Waals surface area contributed by atoms with Crippen LogP contribution < -0.4 is 0 Å². The highest BCUT2D eigenvalue weighted by Gasteiger charge is 2.10. The first kappa shape index (κ1) is 27.1. The van der Waals surface area contributed by atoms with Crippen molar-refractivity contribution in [1.82, 2.24) is 0 Å². The van der Waals surface area contributed by atoms with Gasteiger partial charge in [0.05, 0.1) is 0 Å². The van der Waals surface area contributed by atoms with E-state index in [9.17, 15) is 4.57 Å². The Hall–Kier alpha value is 0.150. The Morgan fingerprint density at radius 3 is 0.889 bits per heavy atom. The molecule has 0 saturated carbocycles. The largest absolute Gasteiger partial charge is 0.325 e. The van der Waals surface area contributed by atoms with Crippen LogP contribution in [0.1, 0.15) is 142 Å². The van der Waals surface area contributed by atoms with Crippen molar-refractivity contribution in [2.45, 2.75) is 142 Å². The lowest BCUT2D eigenvalue weighted by Crippen LogP contribution is -1.88. The number of hydrogen-bond donors (Lipinski definition) is 2. The minimum Gasteiger partial charge on any atom is -0.324 e. The molecule has 0 atom stereocenters. The van der Waals surface area contributed by atoms with E-state index in [1.165, 1.54) is 116 Å². The zero-order valence-corrected chi connectivity index (χ0v) is 19.2. The van der Waals surface area contributed by atoms with Crippen LogP contribution in [0.2, 0.25) is 0 Å². The maximum absolute atomic E-state index is 10.7. The molecule has 0 amide bonds. The van der Waals surface area contributed by atoms with Crippen molar-refractivity contribution in [2.75, 3.05) is 6.16 Å². The third kappa shape index (κ3) is 26.1. The fourth-order valence-electron chi connectivity index (χ4n) is 3.75. The van der Waals surface area contributed by atoms with Gasteiger partial charge in [0.2, 0.25) is 0 Å². The first-order valence-corrected chi connectivity index (χ1v) is 13.9. The maximum atomic E-state index is 10.7. The summed E-state index contributed by atoms with van der Waals surface area (Å²) < 4.78 is 10.7. The zero-order valence-electron chi connectivity index (χ0n) is 18.3. The molecule has 0 heterocycles. The van der Waals surface area contributed by atoms with E-state index < -0.39 is 7.60 Å². The minimum atomic E-state index is -3.76. The Labute approximate surface area is 170 Å². The Bertz CT molecular complexity index is 328. The Kier molecular flexibility index (Phi) is 21.0. The highest BCUT2D eigenvalue weighted by molar-refractivity contribution is 7.51. The van der Waals surface area contributed by atoms with Crippen molar-refractivity contribution in [3.8, 4) is 0 Å². The predicted octanol–water partition coefficient (Wildman–Crippen LogP) is 8.38. The van der Waals surface area contributed by atoms with Gasteiger partial charge in [-0.3, -0.25) is 4.57 Å². The van der Waals surface area contributed by atoms with E-state index in [4.69, 9.17) is 9.79 Å². The van der Waals surface area contributed by atoms with Crippen molar-refractivity contribution in [3.63, 3.8) is 0 Å². The molecule has 27 heavy (non-hydrogen) atoms. The van der Waals surface area contributed by atoms with Gasteiger partial charge in [-0.1, -0.05) is 135 Å². The van der Waals surface area contributed by atoms with Crippen LogP contribution in [-0.4, -0.2) is 15.9 Å². The van der Waals surface area contributed by atoms with Crippen LogP contribution in [0.15, 0.2) is 0 Å². The van der Waals surface area contributed by atoms with Gasteiger partial charge in [0.25, 0.3) is 0 Å². The van der Waals surface area contributed by atoms with Crippen LogP contribution >= 0.6 is 7.60 Å². The number of rotatable bonds is 22. The molecule has 0 spiro atoms. The van der Waals surface area contributed by atoms with Gasteiger partial charge in [-0.05, 0) is 6.42 Å².